The van der Waals surface area contributed by atoms with Crippen molar-refractivity contribution in [3.8, 4) is 0 Å². The standard InChI is InChI=1S/C16H21N/c1-11-9-14-10-12(2)17(16(14)13(11)3)15-7-5-4-6-8-15/h4-8,10-11,13-14,16H,9H2,1-3H3. The summed E-state index contributed by atoms with van der Waals surface area (Å²) < 4.78 is 0. The summed E-state index contributed by atoms with van der Waals surface area (Å²) in [5.74, 6) is 2.40. The number of hydrogen-bond acceptors (Lipinski definition) is 1. The lowest BCUT2D eigenvalue weighted by Crippen LogP contribution is -2.35. The van der Waals surface area contributed by atoms with E-state index in [1.165, 1.54) is 17.8 Å². The van der Waals surface area contributed by atoms with Crippen LogP contribution in [0.25, 0.3) is 0 Å². The molecule has 2 aliphatic rings. The average Bonchev–Trinajstić information content (AvgIpc) is 2.77. The number of para-hydroxylation sites is 1. The molecule has 3 rings (SSSR count). The smallest absolute Gasteiger partial charge is 0.0430 e. The van der Waals surface area contributed by atoms with Crippen molar-refractivity contribution in [1.29, 1.82) is 0 Å². The van der Waals surface area contributed by atoms with Crippen LogP contribution in [-0.4, -0.2) is 6.04 Å². The normalized spacial score (nSPS) is 35.9. The lowest BCUT2D eigenvalue weighted by atomic mass is 9.96. The van der Waals surface area contributed by atoms with Gasteiger partial charge in [0.1, 0.15) is 0 Å². The van der Waals surface area contributed by atoms with Gasteiger partial charge in [-0.2, -0.15) is 0 Å². The van der Waals surface area contributed by atoms with Crippen LogP contribution in [0, 0.1) is 17.8 Å². The second-order valence-corrected chi connectivity index (χ2v) is 5.74. The molecular formula is C16H21N. The molecule has 4 unspecified atom stereocenters. The lowest BCUT2D eigenvalue weighted by Gasteiger charge is -2.32. The number of allylic oxidation sites excluding steroid dienone is 1. The van der Waals surface area contributed by atoms with Crippen LogP contribution in [0.15, 0.2) is 42.1 Å². The molecule has 1 nitrogen and oxygen atoms in total. The van der Waals surface area contributed by atoms with E-state index in [2.05, 4.69) is 62.1 Å². The Kier molecular flexibility index (Phi) is 2.50. The fourth-order valence-corrected chi connectivity index (χ4v) is 3.69. The van der Waals surface area contributed by atoms with Gasteiger partial charge < -0.3 is 4.90 Å². The molecule has 0 radical (unpaired) electrons. The molecule has 1 aromatic carbocycles. The summed E-state index contributed by atoms with van der Waals surface area (Å²) in [5, 5.41) is 0. The number of benzene rings is 1. The summed E-state index contributed by atoms with van der Waals surface area (Å²) in [6.07, 6.45) is 3.84. The Morgan fingerprint density at radius 1 is 1.12 bits per heavy atom. The first-order chi connectivity index (χ1) is 8.18. The van der Waals surface area contributed by atoms with Gasteiger partial charge in [0, 0.05) is 23.3 Å². The van der Waals surface area contributed by atoms with Crippen LogP contribution in [0.2, 0.25) is 0 Å². The first-order valence-corrected chi connectivity index (χ1v) is 6.71. The molecule has 0 spiro atoms. The van der Waals surface area contributed by atoms with Gasteiger partial charge in [-0.05, 0) is 37.3 Å². The second-order valence-electron chi connectivity index (χ2n) is 5.74. The summed E-state index contributed by atoms with van der Waals surface area (Å²) in [6, 6.07) is 11.5. The molecule has 0 aromatic heterocycles. The van der Waals surface area contributed by atoms with Crippen LogP contribution in [0.5, 0.6) is 0 Å². The Balaban J connectivity index is 1.98. The average molecular weight is 227 g/mol. The maximum atomic E-state index is 2.55. The van der Waals surface area contributed by atoms with Crippen molar-refractivity contribution in [2.24, 2.45) is 17.8 Å². The van der Waals surface area contributed by atoms with Crippen LogP contribution < -0.4 is 4.90 Å². The predicted molar refractivity (Wildman–Crippen MR) is 72.9 cm³/mol. The van der Waals surface area contributed by atoms with Gasteiger partial charge in [0.05, 0.1) is 0 Å². The van der Waals surface area contributed by atoms with E-state index in [0.29, 0.717) is 6.04 Å². The van der Waals surface area contributed by atoms with E-state index in [-0.39, 0.29) is 0 Å². The Bertz CT molecular complexity index is 434. The molecule has 1 aromatic rings. The zero-order chi connectivity index (χ0) is 12.0. The van der Waals surface area contributed by atoms with Gasteiger partial charge in [-0.3, -0.25) is 0 Å². The second kappa shape index (κ2) is 3.90. The lowest BCUT2D eigenvalue weighted by molar-refractivity contribution is 0.414. The highest BCUT2D eigenvalue weighted by atomic mass is 15.2. The van der Waals surface area contributed by atoms with Gasteiger partial charge in [0.15, 0.2) is 0 Å². The van der Waals surface area contributed by atoms with Crippen molar-refractivity contribution in [2.75, 3.05) is 4.90 Å². The van der Waals surface area contributed by atoms with Crippen LogP contribution in [0.3, 0.4) is 0 Å². The topological polar surface area (TPSA) is 3.24 Å². The van der Waals surface area contributed by atoms with Crippen molar-refractivity contribution in [3.05, 3.63) is 42.1 Å². The molecule has 1 heterocycles. The summed E-state index contributed by atoms with van der Waals surface area (Å²) >= 11 is 0. The van der Waals surface area contributed by atoms with Gasteiger partial charge in [-0.1, -0.05) is 38.1 Å². The van der Waals surface area contributed by atoms with Crippen molar-refractivity contribution in [3.63, 3.8) is 0 Å². The Morgan fingerprint density at radius 2 is 1.82 bits per heavy atom. The highest BCUT2D eigenvalue weighted by Gasteiger charge is 2.44. The third-order valence-electron chi connectivity index (χ3n) is 4.69. The predicted octanol–water partition coefficient (Wildman–Crippen LogP) is 4.07. The minimum absolute atomic E-state index is 0.687. The number of anilines is 1. The monoisotopic (exact) mass is 227 g/mol. The van der Waals surface area contributed by atoms with Gasteiger partial charge in [-0.25, -0.2) is 0 Å². The molecule has 1 fully saturated rings. The third-order valence-corrected chi connectivity index (χ3v) is 4.69. The summed E-state index contributed by atoms with van der Waals surface area (Å²) in [6.45, 7) is 7.07. The number of rotatable bonds is 1. The summed E-state index contributed by atoms with van der Waals surface area (Å²) in [5.41, 5.74) is 2.79. The van der Waals surface area contributed by atoms with Gasteiger partial charge in [0.2, 0.25) is 0 Å². The molecule has 1 saturated carbocycles. The highest BCUT2D eigenvalue weighted by molar-refractivity contribution is 5.56. The number of fused-ring (bicyclic) bond motifs is 1. The Morgan fingerprint density at radius 3 is 2.53 bits per heavy atom. The van der Waals surface area contributed by atoms with Crippen LogP contribution in [0.4, 0.5) is 5.69 Å². The molecule has 90 valence electrons. The van der Waals surface area contributed by atoms with Crippen molar-refractivity contribution >= 4 is 5.69 Å². The highest BCUT2D eigenvalue weighted by Crippen LogP contribution is 2.47. The van der Waals surface area contributed by atoms with Crippen LogP contribution in [0.1, 0.15) is 27.2 Å². The Labute approximate surface area is 104 Å². The SMILES string of the molecule is CC1=CC2CC(C)C(C)C2N1c1ccccc1. The fraction of sp³-hybridized carbons (Fsp3) is 0.500. The quantitative estimate of drug-likeness (QED) is 0.699. The zero-order valence-corrected chi connectivity index (χ0v) is 10.9. The molecule has 1 heteroatoms. The molecule has 0 N–H and O–H groups in total. The number of nitrogens with zero attached hydrogens (tertiary/aromatic N) is 1. The third kappa shape index (κ3) is 1.60. The van der Waals surface area contributed by atoms with E-state index < -0.39 is 0 Å². The first-order valence-electron chi connectivity index (χ1n) is 6.71. The van der Waals surface area contributed by atoms with E-state index in [9.17, 15) is 0 Å². The van der Waals surface area contributed by atoms with Crippen LogP contribution >= 0.6 is 0 Å². The molecule has 17 heavy (non-hydrogen) atoms. The molecule has 1 aliphatic heterocycles. The van der Waals surface area contributed by atoms with Crippen molar-refractivity contribution < 1.29 is 0 Å². The summed E-state index contributed by atoms with van der Waals surface area (Å²) in [7, 11) is 0. The first kappa shape index (κ1) is 10.9. The largest absolute Gasteiger partial charge is 0.342 e. The Hall–Kier alpha value is -1.24. The minimum atomic E-state index is 0.687. The van der Waals surface area contributed by atoms with E-state index in [0.717, 1.165) is 17.8 Å². The van der Waals surface area contributed by atoms with Crippen molar-refractivity contribution in [2.45, 2.75) is 33.2 Å². The van der Waals surface area contributed by atoms with Crippen molar-refractivity contribution in [1.82, 2.24) is 0 Å². The molecule has 4 atom stereocenters. The van der Waals surface area contributed by atoms with Gasteiger partial charge >= 0.3 is 0 Å². The molecule has 0 saturated heterocycles. The maximum absolute atomic E-state index is 2.55. The zero-order valence-electron chi connectivity index (χ0n) is 10.9. The molecular weight excluding hydrogens is 206 g/mol. The van der Waals surface area contributed by atoms with Gasteiger partial charge in [0.25, 0.3) is 0 Å². The molecule has 0 amide bonds. The molecule has 0 bridgehead atoms. The van der Waals surface area contributed by atoms with Crippen LogP contribution in [-0.2, 0) is 0 Å². The number of hydrogen-bond donors (Lipinski definition) is 0. The van der Waals surface area contributed by atoms with Gasteiger partial charge in [-0.15, -0.1) is 0 Å². The van der Waals surface area contributed by atoms with E-state index in [1.54, 1.807) is 0 Å². The fourth-order valence-electron chi connectivity index (χ4n) is 3.69. The summed E-state index contributed by atoms with van der Waals surface area (Å²) in [4.78, 5) is 2.55. The minimum Gasteiger partial charge on any atom is -0.342 e. The van der Waals surface area contributed by atoms with E-state index >= 15 is 0 Å². The van der Waals surface area contributed by atoms with E-state index in [1.807, 2.05) is 0 Å². The maximum Gasteiger partial charge on any atom is 0.0430 e. The van der Waals surface area contributed by atoms with E-state index in [4.69, 9.17) is 0 Å². The molecule has 1 aliphatic carbocycles.